The lowest BCUT2D eigenvalue weighted by molar-refractivity contribution is 1.35. The first kappa shape index (κ1) is 11.2. The van der Waals surface area contributed by atoms with Crippen LogP contribution in [0.15, 0.2) is 34.4 Å². The molecule has 2 aromatic heterocycles. The summed E-state index contributed by atoms with van der Waals surface area (Å²) < 4.78 is 0.825. The van der Waals surface area contributed by atoms with Gasteiger partial charge >= 0.3 is 0 Å². The van der Waals surface area contributed by atoms with Gasteiger partial charge in [0.1, 0.15) is 4.70 Å². The van der Waals surface area contributed by atoms with Crippen LogP contribution in [-0.4, -0.2) is 4.98 Å². The summed E-state index contributed by atoms with van der Waals surface area (Å²) in [6.45, 7) is 2.05. The van der Waals surface area contributed by atoms with Gasteiger partial charge in [0.15, 0.2) is 0 Å². The first-order valence-electron chi connectivity index (χ1n) is 4.76. The molecule has 0 saturated heterocycles. The van der Waals surface area contributed by atoms with Gasteiger partial charge in [-0.15, -0.1) is 23.7 Å². The molecule has 82 valence electrons. The number of aromatic nitrogens is 1. The maximum Gasteiger partial charge on any atom is 0.266 e. The monoisotopic (exact) mass is 251 g/mol. The quantitative estimate of drug-likeness (QED) is 0.652. The van der Waals surface area contributed by atoms with Gasteiger partial charge in [-0.3, -0.25) is 4.79 Å². The van der Waals surface area contributed by atoms with Crippen molar-refractivity contribution in [3.8, 4) is 0 Å². The number of fused-ring (bicyclic) bond motifs is 3. The molecule has 2 heterocycles. The zero-order chi connectivity index (χ0) is 10.4. The summed E-state index contributed by atoms with van der Waals surface area (Å²) in [6.07, 6.45) is 0. The van der Waals surface area contributed by atoms with Crippen molar-refractivity contribution in [3.05, 3.63) is 45.6 Å². The van der Waals surface area contributed by atoms with E-state index in [4.69, 9.17) is 0 Å². The van der Waals surface area contributed by atoms with Crippen LogP contribution in [0.4, 0.5) is 0 Å². The Bertz CT molecular complexity index is 714. The van der Waals surface area contributed by atoms with Gasteiger partial charge < -0.3 is 4.98 Å². The summed E-state index contributed by atoms with van der Waals surface area (Å²) in [5.41, 5.74) is 2.11. The van der Waals surface area contributed by atoms with Crippen molar-refractivity contribution in [2.24, 2.45) is 0 Å². The Morgan fingerprint density at radius 2 is 2.00 bits per heavy atom. The van der Waals surface area contributed by atoms with Gasteiger partial charge in [-0.25, -0.2) is 0 Å². The van der Waals surface area contributed by atoms with E-state index in [0.29, 0.717) is 0 Å². The number of thiophene rings is 1. The fourth-order valence-electron chi connectivity index (χ4n) is 1.94. The third kappa shape index (κ3) is 1.44. The summed E-state index contributed by atoms with van der Waals surface area (Å²) in [5.74, 6) is 0. The molecule has 1 N–H and O–H groups in total. The minimum Gasteiger partial charge on any atom is -0.321 e. The van der Waals surface area contributed by atoms with Crippen LogP contribution in [-0.2, 0) is 0 Å². The number of halogens is 1. The number of aromatic amines is 1. The SMILES string of the molecule is Cc1csc2c(=O)[nH]c3ccccc3c12.Cl. The van der Waals surface area contributed by atoms with Gasteiger partial charge in [-0.05, 0) is 23.9 Å². The minimum absolute atomic E-state index is 0. The predicted molar refractivity (Wildman–Crippen MR) is 71.9 cm³/mol. The molecule has 0 amide bonds. The summed E-state index contributed by atoms with van der Waals surface area (Å²) in [7, 11) is 0. The predicted octanol–water partition coefficient (Wildman–Crippen LogP) is 3.47. The molecule has 0 aliphatic carbocycles. The Hall–Kier alpha value is -1.32. The highest BCUT2D eigenvalue weighted by Crippen LogP contribution is 2.28. The van der Waals surface area contributed by atoms with E-state index >= 15 is 0 Å². The number of para-hydroxylation sites is 1. The highest BCUT2D eigenvalue weighted by molar-refractivity contribution is 7.17. The molecule has 0 spiro atoms. The van der Waals surface area contributed by atoms with E-state index in [-0.39, 0.29) is 18.0 Å². The smallest absolute Gasteiger partial charge is 0.266 e. The maximum absolute atomic E-state index is 11.8. The Kier molecular flexibility index (Phi) is 2.74. The van der Waals surface area contributed by atoms with Crippen LogP contribution in [0.25, 0.3) is 21.0 Å². The van der Waals surface area contributed by atoms with Crippen molar-refractivity contribution in [2.75, 3.05) is 0 Å². The van der Waals surface area contributed by atoms with Crippen molar-refractivity contribution in [2.45, 2.75) is 6.92 Å². The number of H-pyrrole nitrogens is 1. The molecule has 0 atom stereocenters. The van der Waals surface area contributed by atoms with E-state index in [1.165, 1.54) is 16.9 Å². The molecule has 0 aliphatic rings. The normalized spacial score (nSPS) is 10.6. The van der Waals surface area contributed by atoms with Crippen LogP contribution in [0.3, 0.4) is 0 Å². The summed E-state index contributed by atoms with van der Waals surface area (Å²) in [6, 6.07) is 7.92. The standard InChI is InChI=1S/C12H9NOS.ClH/c1-7-6-15-11-10(7)8-4-2-3-5-9(8)13-12(11)14;/h2-6H,1H3,(H,13,14);1H. The van der Waals surface area contributed by atoms with E-state index in [1.54, 1.807) is 0 Å². The van der Waals surface area contributed by atoms with Crippen molar-refractivity contribution >= 4 is 44.7 Å². The van der Waals surface area contributed by atoms with Crippen LogP contribution in [0.1, 0.15) is 5.56 Å². The van der Waals surface area contributed by atoms with Crippen LogP contribution >= 0.6 is 23.7 Å². The Balaban J connectivity index is 0.000000963. The molecule has 2 nitrogen and oxygen atoms in total. The van der Waals surface area contributed by atoms with Crippen molar-refractivity contribution < 1.29 is 0 Å². The van der Waals surface area contributed by atoms with E-state index < -0.39 is 0 Å². The topological polar surface area (TPSA) is 32.9 Å². The Morgan fingerprint density at radius 1 is 1.25 bits per heavy atom. The second-order valence-corrected chi connectivity index (χ2v) is 4.50. The average Bonchev–Trinajstić information content (AvgIpc) is 2.62. The van der Waals surface area contributed by atoms with Crippen LogP contribution < -0.4 is 5.56 Å². The van der Waals surface area contributed by atoms with Crippen molar-refractivity contribution in [1.29, 1.82) is 0 Å². The van der Waals surface area contributed by atoms with E-state index in [9.17, 15) is 4.79 Å². The summed E-state index contributed by atoms with van der Waals surface area (Å²) >= 11 is 1.51. The fourth-order valence-corrected chi connectivity index (χ4v) is 2.89. The molecule has 3 aromatic rings. The first-order chi connectivity index (χ1) is 7.27. The van der Waals surface area contributed by atoms with E-state index in [1.807, 2.05) is 36.6 Å². The molecule has 0 radical (unpaired) electrons. The van der Waals surface area contributed by atoms with Gasteiger partial charge in [0.25, 0.3) is 5.56 Å². The zero-order valence-electron chi connectivity index (χ0n) is 8.61. The number of benzene rings is 1. The van der Waals surface area contributed by atoms with Gasteiger partial charge in [0.05, 0.1) is 0 Å². The van der Waals surface area contributed by atoms with Gasteiger partial charge in [-0.1, -0.05) is 18.2 Å². The number of pyridine rings is 1. The van der Waals surface area contributed by atoms with Gasteiger partial charge in [-0.2, -0.15) is 0 Å². The summed E-state index contributed by atoms with van der Waals surface area (Å²) in [4.78, 5) is 14.7. The van der Waals surface area contributed by atoms with Crippen molar-refractivity contribution in [3.63, 3.8) is 0 Å². The fraction of sp³-hybridized carbons (Fsp3) is 0.0833. The van der Waals surface area contributed by atoms with Crippen LogP contribution in [0.2, 0.25) is 0 Å². The number of hydrogen-bond acceptors (Lipinski definition) is 2. The first-order valence-corrected chi connectivity index (χ1v) is 5.64. The molecule has 0 bridgehead atoms. The average molecular weight is 252 g/mol. The molecule has 0 fully saturated rings. The lowest BCUT2D eigenvalue weighted by Crippen LogP contribution is -2.04. The molecule has 1 aromatic carbocycles. The summed E-state index contributed by atoms with van der Waals surface area (Å²) in [5, 5.41) is 4.26. The molecule has 4 heteroatoms. The Morgan fingerprint density at radius 3 is 2.81 bits per heavy atom. The highest BCUT2D eigenvalue weighted by atomic mass is 35.5. The number of hydrogen-bond donors (Lipinski definition) is 1. The highest BCUT2D eigenvalue weighted by Gasteiger charge is 2.08. The molecule has 0 aliphatic heterocycles. The van der Waals surface area contributed by atoms with Gasteiger partial charge in [0, 0.05) is 16.3 Å². The third-order valence-corrected chi connectivity index (χ3v) is 3.72. The second-order valence-electron chi connectivity index (χ2n) is 3.62. The maximum atomic E-state index is 11.8. The molecule has 16 heavy (non-hydrogen) atoms. The number of nitrogens with one attached hydrogen (secondary N) is 1. The molecule has 0 unspecified atom stereocenters. The van der Waals surface area contributed by atoms with Crippen molar-refractivity contribution in [1.82, 2.24) is 4.98 Å². The van der Waals surface area contributed by atoms with Gasteiger partial charge in [0.2, 0.25) is 0 Å². The van der Waals surface area contributed by atoms with Crippen LogP contribution in [0.5, 0.6) is 0 Å². The van der Waals surface area contributed by atoms with E-state index in [2.05, 4.69) is 4.98 Å². The molecular formula is C12H10ClNOS. The zero-order valence-corrected chi connectivity index (χ0v) is 10.2. The lowest BCUT2D eigenvalue weighted by Gasteiger charge is -1.99. The number of aryl methyl sites for hydroxylation is 1. The lowest BCUT2D eigenvalue weighted by atomic mass is 10.1. The number of rotatable bonds is 0. The second kappa shape index (κ2) is 3.92. The molecule has 3 rings (SSSR count). The largest absolute Gasteiger partial charge is 0.321 e. The van der Waals surface area contributed by atoms with E-state index in [0.717, 1.165) is 21.0 Å². The third-order valence-electron chi connectivity index (χ3n) is 2.63. The molecule has 0 saturated carbocycles. The minimum atomic E-state index is 0. The Labute approximate surface area is 102 Å². The van der Waals surface area contributed by atoms with Crippen LogP contribution in [0, 0.1) is 6.92 Å². The molecular weight excluding hydrogens is 242 g/mol.